The van der Waals surface area contributed by atoms with Gasteiger partial charge in [-0.15, -0.1) is 0 Å². The molecule has 2 heterocycles. The molecule has 0 fully saturated rings. The van der Waals surface area contributed by atoms with E-state index in [1.807, 2.05) is 18.2 Å². The largest absolute Gasteiger partial charge is 0.416 e. The summed E-state index contributed by atoms with van der Waals surface area (Å²) in [6.45, 7) is -2.95. The molecule has 0 aliphatic heterocycles. The Morgan fingerprint density at radius 3 is 2.62 bits per heavy atom. The number of nitrogens with zero attached hydrogens (tertiary/aromatic N) is 2. The Kier molecular flexibility index (Phi) is 5.01. The first-order valence-electron chi connectivity index (χ1n) is 7.21. The van der Waals surface area contributed by atoms with Crippen LogP contribution in [0.5, 0.6) is 5.88 Å². The van der Waals surface area contributed by atoms with Crippen molar-refractivity contribution in [3.05, 3.63) is 77.2 Å². The summed E-state index contributed by atoms with van der Waals surface area (Å²) >= 11 is 6.00. The van der Waals surface area contributed by atoms with Gasteiger partial charge in [0, 0.05) is 35.1 Å². The second kappa shape index (κ2) is 7.36. The summed E-state index contributed by atoms with van der Waals surface area (Å²) in [6.07, 6.45) is 3.76. The van der Waals surface area contributed by atoms with Crippen LogP contribution in [0.1, 0.15) is 11.3 Å². The molecule has 24 heavy (non-hydrogen) atoms. The van der Waals surface area contributed by atoms with Crippen molar-refractivity contribution in [2.75, 3.05) is 0 Å². The van der Waals surface area contributed by atoms with Crippen molar-refractivity contribution in [3.8, 4) is 17.0 Å². The highest BCUT2D eigenvalue weighted by atomic mass is 35.5. The summed E-state index contributed by atoms with van der Waals surface area (Å²) in [5, 5.41) is 0.505. The Bertz CT molecular complexity index is 828. The maximum atomic E-state index is 12.6. The van der Waals surface area contributed by atoms with E-state index < -0.39 is 6.61 Å². The Morgan fingerprint density at radius 2 is 1.92 bits per heavy atom. The third kappa shape index (κ3) is 4.06. The van der Waals surface area contributed by atoms with Crippen molar-refractivity contribution < 1.29 is 13.5 Å². The lowest BCUT2D eigenvalue weighted by molar-refractivity contribution is -0.0524. The minimum absolute atomic E-state index is 0.128. The van der Waals surface area contributed by atoms with Crippen LogP contribution in [-0.4, -0.2) is 16.6 Å². The van der Waals surface area contributed by atoms with Crippen molar-refractivity contribution in [3.63, 3.8) is 0 Å². The van der Waals surface area contributed by atoms with E-state index in [1.165, 1.54) is 6.20 Å². The van der Waals surface area contributed by atoms with Gasteiger partial charge in [-0.3, -0.25) is 4.98 Å². The van der Waals surface area contributed by atoms with Gasteiger partial charge in [0.2, 0.25) is 5.88 Å². The van der Waals surface area contributed by atoms with Crippen LogP contribution in [0.3, 0.4) is 0 Å². The van der Waals surface area contributed by atoms with Gasteiger partial charge in [-0.25, -0.2) is 4.98 Å². The molecule has 2 aromatic heterocycles. The van der Waals surface area contributed by atoms with E-state index in [4.69, 9.17) is 11.6 Å². The Labute approximate surface area is 142 Å². The zero-order valence-corrected chi connectivity index (χ0v) is 13.3. The molecule has 3 rings (SSSR count). The Balaban J connectivity index is 2.00. The van der Waals surface area contributed by atoms with Crippen LogP contribution >= 0.6 is 11.6 Å². The minimum atomic E-state index is -2.95. The smallest absolute Gasteiger partial charge is 0.388 e. The molecular weight excluding hydrogens is 334 g/mol. The van der Waals surface area contributed by atoms with Gasteiger partial charge < -0.3 is 4.74 Å². The lowest BCUT2D eigenvalue weighted by atomic mass is 10.0. The number of rotatable bonds is 5. The van der Waals surface area contributed by atoms with Crippen LogP contribution in [0.2, 0.25) is 5.02 Å². The summed E-state index contributed by atoms with van der Waals surface area (Å²) in [6, 6.07) is 14.3. The van der Waals surface area contributed by atoms with E-state index in [1.54, 1.807) is 36.5 Å². The number of benzene rings is 1. The molecule has 0 aliphatic carbocycles. The van der Waals surface area contributed by atoms with Crippen LogP contribution < -0.4 is 4.74 Å². The number of pyridine rings is 2. The number of aromatic nitrogens is 2. The van der Waals surface area contributed by atoms with Gasteiger partial charge in [0.1, 0.15) is 0 Å². The molecule has 0 unspecified atom stereocenters. The molecule has 0 spiro atoms. The van der Waals surface area contributed by atoms with Crippen LogP contribution in [0.15, 0.2) is 60.9 Å². The standard InChI is InChI=1S/C18H13ClF2N2O/c19-14-5-3-4-13(10-14)16-9-12(8-15-6-1-2-7-22-15)11-23-17(16)24-18(20)21/h1-7,9-11,18H,8H2. The van der Waals surface area contributed by atoms with Crippen LogP contribution in [0.4, 0.5) is 8.78 Å². The summed E-state index contributed by atoms with van der Waals surface area (Å²) in [7, 11) is 0. The van der Waals surface area contributed by atoms with E-state index in [9.17, 15) is 8.78 Å². The number of alkyl halides is 2. The van der Waals surface area contributed by atoms with Crippen LogP contribution in [0.25, 0.3) is 11.1 Å². The van der Waals surface area contributed by atoms with E-state index in [-0.39, 0.29) is 5.88 Å². The van der Waals surface area contributed by atoms with Crippen molar-refractivity contribution >= 4 is 11.6 Å². The quantitative estimate of drug-likeness (QED) is 0.653. The predicted octanol–water partition coefficient (Wildman–Crippen LogP) is 4.99. The molecule has 0 saturated heterocycles. The number of hydrogen-bond donors (Lipinski definition) is 0. The topological polar surface area (TPSA) is 35.0 Å². The summed E-state index contributed by atoms with van der Waals surface area (Å²) in [4.78, 5) is 8.31. The lowest BCUT2D eigenvalue weighted by Gasteiger charge is -2.12. The highest BCUT2D eigenvalue weighted by molar-refractivity contribution is 6.30. The zero-order chi connectivity index (χ0) is 16.9. The van der Waals surface area contributed by atoms with Crippen LogP contribution in [-0.2, 0) is 6.42 Å². The Hall–Kier alpha value is -2.53. The first kappa shape index (κ1) is 16.3. The molecule has 6 heteroatoms. The average Bonchev–Trinajstić information content (AvgIpc) is 2.57. The predicted molar refractivity (Wildman–Crippen MR) is 88.4 cm³/mol. The van der Waals surface area contributed by atoms with Crippen molar-refractivity contribution in [1.29, 1.82) is 0 Å². The third-order valence-corrected chi connectivity index (χ3v) is 3.59. The monoisotopic (exact) mass is 346 g/mol. The molecule has 0 bridgehead atoms. The van der Waals surface area contributed by atoms with E-state index >= 15 is 0 Å². The first-order valence-corrected chi connectivity index (χ1v) is 7.59. The molecule has 0 saturated carbocycles. The highest BCUT2D eigenvalue weighted by Crippen LogP contribution is 2.32. The highest BCUT2D eigenvalue weighted by Gasteiger charge is 2.14. The van der Waals surface area contributed by atoms with Crippen LogP contribution in [0, 0.1) is 0 Å². The van der Waals surface area contributed by atoms with Gasteiger partial charge >= 0.3 is 6.61 Å². The molecule has 3 aromatic rings. The molecule has 3 nitrogen and oxygen atoms in total. The van der Waals surface area contributed by atoms with Gasteiger partial charge in [-0.05, 0) is 41.5 Å². The molecule has 0 atom stereocenters. The summed E-state index contributed by atoms with van der Waals surface area (Å²) in [5.41, 5.74) is 2.82. The molecule has 1 aromatic carbocycles. The first-order chi connectivity index (χ1) is 11.6. The zero-order valence-electron chi connectivity index (χ0n) is 12.5. The number of halogens is 3. The third-order valence-electron chi connectivity index (χ3n) is 3.36. The van der Waals surface area contributed by atoms with Gasteiger partial charge in [0.25, 0.3) is 0 Å². The van der Waals surface area contributed by atoms with Crippen molar-refractivity contribution in [2.24, 2.45) is 0 Å². The fourth-order valence-corrected chi connectivity index (χ4v) is 2.54. The molecule has 0 radical (unpaired) electrons. The minimum Gasteiger partial charge on any atom is -0.416 e. The molecular formula is C18H13ClF2N2O. The fourth-order valence-electron chi connectivity index (χ4n) is 2.35. The average molecular weight is 347 g/mol. The number of hydrogen-bond acceptors (Lipinski definition) is 3. The molecule has 0 aliphatic rings. The Morgan fingerprint density at radius 1 is 1.04 bits per heavy atom. The van der Waals surface area contributed by atoms with Gasteiger partial charge in [-0.1, -0.05) is 29.8 Å². The van der Waals surface area contributed by atoms with E-state index in [0.717, 1.165) is 11.3 Å². The normalized spacial score (nSPS) is 10.8. The lowest BCUT2D eigenvalue weighted by Crippen LogP contribution is -2.06. The maximum Gasteiger partial charge on any atom is 0.388 e. The SMILES string of the molecule is FC(F)Oc1ncc(Cc2ccccn2)cc1-c1cccc(Cl)c1. The fraction of sp³-hybridized carbons (Fsp3) is 0.111. The molecule has 0 amide bonds. The second-order valence-corrected chi connectivity index (χ2v) is 5.52. The van der Waals surface area contributed by atoms with Gasteiger partial charge in [0.05, 0.1) is 0 Å². The van der Waals surface area contributed by atoms with Gasteiger partial charge in [0.15, 0.2) is 0 Å². The second-order valence-electron chi connectivity index (χ2n) is 5.08. The molecule has 122 valence electrons. The van der Waals surface area contributed by atoms with Crippen molar-refractivity contribution in [1.82, 2.24) is 9.97 Å². The maximum absolute atomic E-state index is 12.6. The van der Waals surface area contributed by atoms with Crippen molar-refractivity contribution in [2.45, 2.75) is 13.0 Å². The van der Waals surface area contributed by atoms with E-state index in [2.05, 4.69) is 14.7 Å². The van der Waals surface area contributed by atoms with Gasteiger partial charge in [-0.2, -0.15) is 8.78 Å². The summed E-state index contributed by atoms with van der Waals surface area (Å²) < 4.78 is 29.8. The van der Waals surface area contributed by atoms with E-state index in [0.29, 0.717) is 22.6 Å². The number of ether oxygens (including phenoxy) is 1. The summed E-state index contributed by atoms with van der Waals surface area (Å²) in [5.74, 6) is -0.128. The molecule has 0 N–H and O–H groups in total.